The average molecular weight is 292 g/mol. The van der Waals surface area contributed by atoms with Crippen LogP contribution in [-0.4, -0.2) is 46.1 Å². The van der Waals surface area contributed by atoms with Crippen molar-refractivity contribution in [3.8, 4) is 0 Å². The molecule has 0 N–H and O–H groups in total. The van der Waals surface area contributed by atoms with E-state index in [0.29, 0.717) is 0 Å². The Morgan fingerprint density at radius 3 is 2.23 bits per heavy atom. The fraction of sp³-hybridized carbons (Fsp3) is 0.250. The SMILES string of the molecule is c1ccc2nc(N3CCN(c4ccncn4)CC3)cnc2c1. The lowest BCUT2D eigenvalue weighted by Crippen LogP contribution is -2.47. The first-order valence-corrected chi connectivity index (χ1v) is 7.38. The molecule has 0 atom stereocenters. The standard InChI is InChI=1S/C16H16N6/c1-2-4-14-13(3-1)18-11-16(20-14)22-9-7-21(8-10-22)15-5-6-17-12-19-15/h1-6,11-12H,7-10H2. The highest BCUT2D eigenvalue weighted by Crippen LogP contribution is 2.18. The van der Waals surface area contributed by atoms with E-state index in [4.69, 9.17) is 4.98 Å². The van der Waals surface area contributed by atoms with Gasteiger partial charge in [-0.3, -0.25) is 4.98 Å². The number of hydrogen-bond donors (Lipinski definition) is 0. The smallest absolute Gasteiger partial charge is 0.147 e. The molecule has 0 saturated carbocycles. The van der Waals surface area contributed by atoms with E-state index in [9.17, 15) is 0 Å². The zero-order valence-electron chi connectivity index (χ0n) is 12.1. The molecule has 1 aliphatic rings. The van der Waals surface area contributed by atoms with Gasteiger partial charge in [-0.1, -0.05) is 12.1 Å². The number of hydrogen-bond acceptors (Lipinski definition) is 6. The summed E-state index contributed by atoms with van der Waals surface area (Å²) < 4.78 is 0. The maximum absolute atomic E-state index is 4.72. The van der Waals surface area contributed by atoms with Gasteiger partial charge in [0.1, 0.15) is 18.0 Å². The number of piperazine rings is 1. The predicted molar refractivity (Wildman–Crippen MR) is 86.0 cm³/mol. The van der Waals surface area contributed by atoms with E-state index in [1.54, 1.807) is 12.5 Å². The van der Waals surface area contributed by atoms with Crippen molar-refractivity contribution in [3.05, 3.63) is 49.1 Å². The largest absolute Gasteiger partial charge is 0.353 e. The fourth-order valence-corrected chi connectivity index (χ4v) is 2.74. The lowest BCUT2D eigenvalue weighted by Gasteiger charge is -2.35. The molecule has 1 aliphatic heterocycles. The van der Waals surface area contributed by atoms with Gasteiger partial charge in [-0.25, -0.2) is 15.0 Å². The first kappa shape index (κ1) is 12.9. The topological polar surface area (TPSA) is 58.0 Å². The predicted octanol–water partition coefficient (Wildman–Crippen LogP) is 1.75. The Morgan fingerprint density at radius 1 is 0.773 bits per heavy atom. The van der Waals surface area contributed by atoms with E-state index in [0.717, 1.165) is 48.8 Å². The number of rotatable bonds is 2. The maximum atomic E-state index is 4.72. The first-order chi connectivity index (χ1) is 10.9. The van der Waals surface area contributed by atoms with Crippen molar-refractivity contribution in [2.45, 2.75) is 0 Å². The molecule has 0 radical (unpaired) electrons. The molecule has 3 heterocycles. The second kappa shape index (κ2) is 5.55. The van der Waals surface area contributed by atoms with E-state index in [-0.39, 0.29) is 0 Å². The minimum atomic E-state index is 0.914. The summed E-state index contributed by atoms with van der Waals surface area (Å²) in [5.41, 5.74) is 1.88. The summed E-state index contributed by atoms with van der Waals surface area (Å²) in [5.74, 6) is 1.93. The number of fused-ring (bicyclic) bond motifs is 1. The van der Waals surface area contributed by atoms with Crippen LogP contribution in [0.4, 0.5) is 11.6 Å². The Balaban J connectivity index is 1.50. The molecule has 0 bridgehead atoms. The van der Waals surface area contributed by atoms with Crippen LogP contribution in [0.15, 0.2) is 49.1 Å². The van der Waals surface area contributed by atoms with Crippen LogP contribution in [0, 0.1) is 0 Å². The highest BCUT2D eigenvalue weighted by molar-refractivity contribution is 5.75. The third-order valence-electron chi connectivity index (χ3n) is 3.93. The molecule has 6 nitrogen and oxygen atoms in total. The molecule has 22 heavy (non-hydrogen) atoms. The van der Waals surface area contributed by atoms with E-state index in [1.807, 2.05) is 36.5 Å². The van der Waals surface area contributed by atoms with Gasteiger partial charge in [0.15, 0.2) is 0 Å². The van der Waals surface area contributed by atoms with Crippen LogP contribution in [0.1, 0.15) is 0 Å². The summed E-state index contributed by atoms with van der Waals surface area (Å²) in [5, 5.41) is 0. The zero-order chi connectivity index (χ0) is 14.8. The van der Waals surface area contributed by atoms with E-state index >= 15 is 0 Å². The van der Waals surface area contributed by atoms with Crippen LogP contribution in [0.5, 0.6) is 0 Å². The van der Waals surface area contributed by atoms with Gasteiger partial charge in [0.05, 0.1) is 17.2 Å². The third-order valence-corrected chi connectivity index (χ3v) is 3.93. The minimum Gasteiger partial charge on any atom is -0.353 e. The molecule has 0 amide bonds. The lowest BCUT2D eigenvalue weighted by molar-refractivity contribution is 0.641. The number of para-hydroxylation sites is 2. The summed E-state index contributed by atoms with van der Waals surface area (Å²) in [6, 6.07) is 9.92. The van der Waals surface area contributed by atoms with Crippen LogP contribution in [0.3, 0.4) is 0 Å². The molecule has 6 heteroatoms. The normalized spacial score (nSPS) is 15.3. The Kier molecular flexibility index (Phi) is 3.27. The van der Waals surface area contributed by atoms with Crippen LogP contribution >= 0.6 is 0 Å². The summed E-state index contributed by atoms with van der Waals surface area (Å²) in [4.78, 5) is 22.0. The molecule has 1 saturated heterocycles. The quantitative estimate of drug-likeness (QED) is 0.717. The maximum Gasteiger partial charge on any atom is 0.147 e. The van der Waals surface area contributed by atoms with E-state index in [2.05, 4.69) is 24.8 Å². The van der Waals surface area contributed by atoms with Crippen molar-refractivity contribution in [2.75, 3.05) is 36.0 Å². The fourth-order valence-electron chi connectivity index (χ4n) is 2.74. The van der Waals surface area contributed by atoms with Crippen molar-refractivity contribution in [3.63, 3.8) is 0 Å². The molecule has 0 aliphatic carbocycles. The van der Waals surface area contributed by atoms with Crippen LogP contribution in [0.2, 0.25) is 0 Å². The Bertz CT molecular complexity index is 768. The highest BCUT2D eigenvalue weighted by Gasteiger charge is 2.19. The van der Waals surface area contributed by atoms with E-state index < -0.39 is 0 Å². The molecule has 110 valence electrons. The molecule has 1 fully saturated rings. The molecule has 0 spiro atoms. The molecule has 2 aromatic heterocycles. The second-order valence-electron chi connectivity index (χ2n) is 5.26. The van der Waals surface area contributed by atoms with Gasteiger partial charge in [-0.05, 0) is 18.2 Å². The molecule has 3 aromatic rings. The van der Waals surface area contributed by atoms with Crippen molar-refractivity contribution in [2.24, 2.45) is 0 Å². The average Bonchev–Trinajstić information content (AvgIpc) is 2.62. The van der Waals surface area contributed by atoms with Crippen LogP contribution in [0.25, 0.3) is 11.0 Å². The third kappa shape index (κ3) is 2.43. The zero-order valence-corrected chi connectivity index (χ0v) is 12.1. The second-order valence-corrected chi connectivity index (χ2v) is 5.26. The van der Waals surface area contributed by atoms with Crippen LogP contribution in [-0.2, 0) is 0 Å². The van der Waals surface area contributed by atoms with Crippen molar-refractivity contribution < 1.29 is 0 Å². The number of aromatic nitrogens is 4. The summed E-state index contributed by atoms with van der Waals surface area (Å²) in [7, 11) is 0. The summed E-state index contributed by atoms with van der Waals surface area (Å²) in [6.45, 7) is 3.67. The molecule has 0 unspecified atom stereocenters. The number of benzene rings is 1. The van der Waals surface area contributed by atoms with Crippen LogP contribution < -0.4 is 9.80 Å². The molecule has 1 aromatic carbocycles. The number of nitrogens with zero attached hydrogens (tertiary/aromatic N) is 6. The van der Waals surface area contributed by atoms with Gasteiger partial charge in [-0.15, -0.1) is 0 Å². The van der Waals surface area contributed by atoms with Crippen molar-refractivity contribution >= 4 is 22.7 Å². The van der Waals surface area contributed by atoms with Crippen molar-refractivity contribution in [1.82, 2.24) is 19.9 Å². The Labute approximate surface area is 128 Å². The molecule has 4 rings (SSSR count). The summed E-state index contributed by atoms with van der Waals surface area (Å²) in [6.07, 6.45) is 5.24. The Morgan fingerprint density at radius 2 is 1.50 bits per heavy atom. The molecular formula is C16H16N6. The van der Waals surface area contributed by atoms with Gasteiger partial charge in [0, 0.05) is 32.4 Å². The molecular weight excluding hydrogens is 276 g/mol. The lowest BCUT2D eigenvalue weighted by atomic mass is 10.3. The van der Waals surface area contributed by atoms with E-state index in [1.165, 1.54) is 0 Å². The van der Waals surface area contributed by atoms with Gasteiger partial charge in [0.25, 0.3) is 0 Å². The Hall–Kier alpha value is -2.76. The minimum absolute atomic E-state index is 0.914. The summed E-state index contributed by atoms with van der Waals surface area (Å²) >= 11 is 0. The van der Waals surface area contributed by atoms with Gasteiger partial charge >= 0.3 is 0 Å². The van der Waals surface area contributed by atoms with Gasteiger partial charge in [0.2, 0.25) is 0 Å². The van der Waals surface area contributed by atoms with Crippen molar-refractivity contribution in [1.29, 1.82) is 0 Å². The first-order valence-electron chi connectivity index (χ1n) is 7.38. The number of anilines is 2. The van der Waals surface area contributed by atoms with Gasteiger partial charge < -0.3 is 9.80 Å². The highest BCUT2D eigenvalue weighted by atomic mass is 15.3. The monoisotopic (exact) mass is 292 g/mol. The van der Waals surface area contributed by atoms with Gasteiger partial charge in [-0.2, -0.15) is 0 Å².